The molecule has 8 heteroatoms. The van der Waals surface area contributed by atoms with E-state index >= 15 is 0 Å². The maximum Gasteiger partial charge on any atom is 0.252 e. The number of rotatable bonds is 8. The first-order chi connectivity index (χ1) is 17.6. The number of nitrogens with one attached hydrogen (secondary N) is 1. The zero-order chi connectivity index (χ0) is 24.7. The molecule has 1 N–H and O–H groups in total. The molecule has 0 radical (unpaired) electrons. The first-order valence-electron chi connectivity index (χ1n) is 13.7. The molecule has 2 aliphatic heterocycles. The van der Waals surface area contributed by atoms with Gasteiger partial charge in [-0.1, -0.05) is 56.0 Å². The van der Waals surface area contributed by atoms with Crippen molar-refractivity contribution in [3.63, 3.8) is 0 Å². The molecule has 194 valence electrons. The van der Waals surface area contributed by atoms with Gasteiger partial charge in [0.15, 0.2) is 0 Å². The van der Waals surface area contributed by atoms with Gasteiger partial charge in [-0.2, -0.15) is 0 Å². The summed E-state index contributed by atoms with van der Waals surface area (Å²) in [4.78, 5) is 41.8. The van der Waals surface area contributed by atoms with E-state index in [4.69, 9.17) is 4.98 Å². The maximum absolute atomic E-state index is 12.7. The average molecular weight is 493 g/mol. The molecule has 1 saturated carbocycles. The summed E-state index contributed by atoms with van der Waals surface area (Å²) >= 11 is 0. The number of amides is 1. The van der Waals surface area contributed by atoms with Gasteiger partial charge in [0.25, 0.3) is 5.56 Å². The lowest BCUT2D eigenvalue weighted by Gasteiger charge is -2.36. The Morgan fingerprint density at radius 3 is 2.25 bits per heavy atom. The number of hydrogen-bond acceptors (Lipinski definition) is 6. The van der Waals surface area contributed by atoms with E-state index in [0.29, 0.717) is 45.1 Å². The average Bonchev–Trinajstić information content (AvgIpc) is 3.43. The Hall–Kier alpha value is -2.71. The molecule has 0 atom stereocenters. The molecular formula is C28H40N6O2. The van der Waals surface area contributed by atoms with E-state index < -0.39 is 0 Å². The van der Waals surface area contributed by atoms with Gasteiger partial charge in [0, 0.05) is 77.9 Å². The van der Waals surface area contributed by atoms with Crippen LogP contribution in [0.1, 0.15) is 49.8 Å². The lowest BCUT2D eigenvalue weighted by molar-refractivity contribution is -0.131. The molecule has 8 nitrogen and oxygen atoms in total. The molecule has 5 rings (SSSR count). The molecule has 1 aromatic heterocycles. The van der Waals surface area contributed by atoms with E-state index in [9.17, 15) is 9.59 Å². The van der Waals surface area contributed by atoms with E-state index in [0.717, 1.165) is 50.8 Å². The van der Waals surface area contributed by atoms with Crippen LogP contribution in [-0.2, 0) is 17.9 Å². The highest BCUT2D eigenvalue weighted by molar-refractivity contribution is 5.76. The quantitative estimate of drug-likeness (QED) is 0.611. The molecule has 1 aromatic carbocycles. The highest BCUT2D eigenvalue weighted by Gasteiger charge is 2.25. The zero-order valence-corrected chi connectivity index (χ0v) is 21.4. The predicted octanol–water partition coefficient (Wildman–Crippen LogP) is 2.71. The number of carbonyl (C=O) groups excluding carboxylic acids is 1. The van der Waals surface area contributed by atoms with Crippen LogP contribution < -0.4 is 10.5 Å². The maximum atomic E-state index is 12.7. The van der Waals surface area contributed by atoms with Gasteiger partial charge in [0.05, 0.1) is 5.69 Å². The van der Waals surface area contributed by atoms with Crippen molar-refractivity contribution in [1.29, 1.82) is 0 Å². The zero-order valence-electron chi connectivity index (χ0n) is 21.4. The van der Waals surface area contributed by atoms with Gasteiger partial charge in [-0.3, -0.25) is 24.4 Å². The largest absolute Gasteiger partial charge is 0.339 e. The number of nitrogens with zero attached hydrogens (tertiary/aromatic N) is 5. The van der Waals surface area contributed by atoms with Gasteiger partial charge in [-0.05, 0) is 17.9 Å². The topological polar surface area (TPSA) is 75.8 Å². The molecular weight excluding hydrogens is 452 g/mol. The number of H-pyrrole nitrogens is 1. The van der Waals surface area contributed by atoms with Crippen molar-refractivity contribution in [3.05, 3.63) is 58.0 Å². The molecule has 1 aliphatic carbocycles. The van der Waals surface area contributed by atoms with Crippen LogP contribution in [-0.4, -0.2) is 82.9 Å². The van der Waals surface area contributed by atoms with E-state index in [1.54, 1.807) is 6.07 Å². The van der Waals surface area contributed by atoms with Crippen LogP contribution in [0.4, 0.5) is 5.95 Å². The Morgan fingerprint density at radius 2 is 1.56 bits per heavy atom. The second kappa shape index (κ2) is 12.0. The Kier molecular flexibility index (Phi) is 8.33. The Morgan fingerprint density at radius 1 is 0.889 bits per heavy atom. The second-order valence-electron chi connectivity index (χ2n) is 10.7. The fraction of sp³-hybridized carbons (Fsp3) is 0.607. The monoisotopic (exact) mass is 492 g/mol. The third-order valence-electron chi connectivity index (χ3n) is 8.05. The van der Waals surface area contributed by atoms with Gasteiger partial charge in [0.2, 0.25) is 11.9 Å². The standard InChI is InChI=1S/C28H40N6O2/c35-26-20-25(22-32-14-12-31(13-15-32)21-24-8-2-1-3-9-24)29-28(30-26)34-18-16-33(17-19-34)27(36)11-10-23-6-4-5-7-23/h1-3,8-9,20,23H,4-7,10-19,21-22H2,(H,29,30,35). The summed E-state index contributed by atoms with van der Waals surface area (Å²) in [6, 6.07) is 12.2. The normalized spacial score (nSPS) is 20.2. The Bertz CT molecular complexity index is 1040. The van der Waals surface area contributed by atoms with E-state index in [2.05, 4.69) is 50.0 Å². The van der Waals surface area contributed by atoms with Crippen molar-refractivity contribution in [2.75, 3.05) is 57.3 Å². The SMILES string of the molecule is O=C(CCC1CCCC1)N1CCN(c2nc(CN3CCN(Cc4ccccc4)CC3)cc(=O)[nH]2)CC1. The Labute approximate surface area is 214 Å². The van der Waals surface area contributed by atoms with Crippen molar-refractivity contribution in [2.24, 2.45) is 5.92 Å². The highest BCUT2D eigenvalue weighted by Crippen LogP contribution is 2.28. The number of anilines is 1. The van der Waals surface area contributed by atoms with Crippen LogP contribution in [0.15, 0.2) is 41.2 Å². The van der Waals surface area contributed by atoms with Crippen molar-refractivity contribution < 1.29 is 4.79 Å². The van der Waals surface area contributed by atoms with Gasteiger partial charge in [-0.25, -0.2) is 4.98 Å². The Balaban J connectivity index is 1.09. The highest BCUT2D eigenvalue weighted by atomic mass is 16.2. The summed E-state index contributed by atoms with van der Waals surface area (Å²) in [5.74, 6) is 1.67. The van der Waals surface area contributed by atoms with Crippen LogP contribution in [0.3, 0.4) is 0 Å². The molecule has 0 unspecified atom stereocenters. The lowest BCUT2D eigenvalue weighted by atomic mass is 10.0. The molecule has 3 heterocycles. The van der Waals surface area contributed by atoms with Crippen molar-refractivity contribution in [3.8, 4) is 0 Å². The molecule has 2 aromatic rings. The number of carbonyl (C=O) groups is 1. The molecule has 3 fully saturated rings. The number of benzene rings is 1. The number of piperazine rings is 2. The molecule has 36 heavy (non-hydrogen) atoms. The summed E-state index contributed by atoms with van der Waals surface area (Å²) in [6.45, 7) is 8.45. The summed E-state index contributed by atoms with van der Waals surface area (Å²) < 4.78 is 0. The van der Waals surface area contributed by atoms with Crippen LogP contribution in [0.25, 0.3) is 0 Å². The van der Waals surface area contributed by atoms with Crippen molar-refractivity contribution >= 4 is 11.9 Å². The summed E-state index contributed by atoms with van der Waals surface area (Å²) in [5, 5.41) is 0. The fourth-order valence-electron chi connectivity index (χ4n) is 5.85. The van der Waals surface area contributed by atoms with Crippen LogP contribution in [0, 0.1) is 5.92 Å². The van der Waals surface area contributed by atoms with Crippen LogP contribution >= 0.6 is 0 Å². The van der Waals surface area contributed by atoms with Gasteiger partial charge < -0.3 is 9.80 Å². The van der Waals surface area contributed by atoms with E-state index in [1.807, 2.05) is 4.90 Å². The molecule has 3 aliphatic rings. The number of hydrogen-bond donors (Lipinski definition) is 1. The van der Waals surface area contributed by atoms with E-state index in [-0.39, 0.29) is 11.5 Å². The second-order valence-corrected chi connectivity index (χ2v) is 10.7. The van der Waals surface area contributed by atoms with Gasteiger partial charge in [0.1, 0.15) is 0 Å². The number of aromatic nitrogens is 2. The molecule has 2 saturated heterocycles. The van der Waals surface area contributed by atoms with Crippen LogP contribution in [0.2, 0.25) is 0 Å². The van der Waals surface area contributed by atoms with E-state index in [1.165, 1.54) is 31.2 Å². The third-order valence-corrected chi connectivity index (χ3v) is 8.05. The van der Waals surface area contributed by atoms with Crippen molar-refractivity contribution in [2.45, 2.75) is 51.6 Å². The fourth-order valence-corrected chi connectivity index (χ4v) is 5.85. The smallest absolute Gasteiger partial charge is 0.252 e. The predicted molar refractivity (Wildman–Crippen MR) is 142 cm³/mol. The minimum Gasteiger partial charge on any atom is -0.339 e. The van der Waals surface area contributed by atoms with Crippen LogP contribution in [0.5, 0.6) is 0 Å². The summed E-state index contributed by atoms with van der Waals surface area (Å²) in [6.07, 6.45) is 6.95. The molecule has 0 bridgehead atoms. The first kappa shape index (κ1) is 25.0. The minimum absolute atomic E-state index is 0.104. The first-order valence-corrected chi connectivity index (χ1v) is 13.7. The minimum atomic E-state index is -0.104. The molecule has 0 spiro atoms. The summed E-state index contributed by atoms with van der Waals surface area (Å²) in [5.41, 5.74) is 2.07. The van der Waals surface area contributed by atoms with Crippen molar-refractivity contribution in [1.82, 2.24) is 24.7 Å². The number of aromatic amines is 1. The third kappa shape index (κ3) is 6.73. The summed E-state index contributed by atoms with van der Waals surface area (Å²) in [7, 11) is 0. The van der Waals surface area contributed by atoms with Gasteiger partial charge in [-0.15, -0.1) is 0 Å². The molecule has 1 amide bonds. The van der Waals surface area contributed by atoms with Gasteiger partial charge >= 0.3 is 0 Å². The lowest BCUT2D eigenvalue weighted by Crippen LogP contribution is -2.49.